The monoisotopic (exact) mass is 532 g/mol. The average Bonchev–Trinajstić information content (AvgIpc) is 3.35. The van der Waals surface area contributed by atoms with Crippen LogP contribution >= 0.6 is 0 Å². The quantitative estimate of drug-likeness (QED) is 0.399. The maximum absolute atomic E-state index is 14.6. The Morgan fingerprint density at radius 2 is 2.00 bits per heavy atom. The third-order valence-electron chi connectivity index (χ3n) is 8.09. The van der Waals surface area contributed by atoms with Gasteiger partial charge in [-0.1, -0.05) is 12.5 Å². The first-order valence-electron chi connectivity index (χ1n) is 13.7. The van der Waals surface area contributed by atoms with Crippen molar-refractivity contribution in [1.29, 1.82) is 5.26 Å². The van der Waals surface area contributed by atoms with Gasteiger partial charge >= 0.3 is 0 Å². The van der Waals surface area contributed by atoms with Crippen molar-refractivity contribution in [2.75, 3.05) is 37.0 Å². The van der Waals surface area contributed by atoms with Crippen molar-refractivity contribution in [2.45, 2.75) is 57.1 Å². The number of halogens is 1. The Labute approximate surface area is 229 Å². The molecule has 1 aliphatic heterocycles. The zero-order valence-electron chi connectivity index (χ0n) is 22.7. The maximum atomic E-state index is 14.6. The van der Waals surface area contributed by atoms with Crippen LogP contribution in [0.25, 0.3) is 16.9 Å². The Kier molecular flexibility index (Phi) is 7.78. The van der Waals surface area contributed by atoms with Gasteiger partial charge in [-0.3, -0.25) is 0 Å². The fraction of sp³-hybridized carbons (Fsp3) is 0.467. The van der Waals surface area contributed by atoms with E-state index in [1.165, 1.54) is 12.1 Å². The molecule has 39 heavy (non-hydrogen) atoms. The number of nitrogens with two attached hydrogens (primary N) is 1. The zero-order chi connectivity index (χ0) is 27.6. The summed E-state index contributed by atoms with van der Waals surface area (Å²) < 4.78 is 22.2. The standard InChI is InChI=1S/C30H37FN6O2/c1-30(38)10-12-36(13-11-30)24-8-9-26(28(16-24)39-2)37-27(21-6-7-22(18-32)25(31)15-21)17-29(35-37)34-19-20-4-3-5-23(33)14-20/h6-9,15-17,20,23,38H,3-5,10-14,19,33H2,1-2H3,(H,34,35)/t20-,23-/m0/s1. The van der Waals surface area contributed by atoms with Crippen LogP contribution in [0.4, 0.5) is 15.9 Å². The summed E-state index contributed by atoms with van der Waals surface area (Å²) in [5.74, 6) is 1.22. The van der Waals surface area contributed by atoms with Crippen molar-refractivity contribution in [3.8, 4) is 28.8 Å². The molecule has 2 aromatic carbocycles. The van der Waals surface area contributed by atoms with Crippen molar-refractivity contribution in [2.24, 2.45) is 11.7 Å². The largest absolute Gasteiger partial charge is 0.494 e. The van der Waals surface area contributed by atoms with Gasteiger partial charge in [-0.15, -0.1) is 5.10 Å². The molecule has 5 rings (SSSR count). The molecule has 9 heteroatoms. The number of hydrogen-bond donors (Lipinski definition) is 3. The van der Waals surface area contributed by atoms with E-state index in [-0.39, 0.29) is 11.6 Å². The van der Waals surface area contributed by atoms with Crippen LogP contribution in [-0.2, 0) is 0 Å². The summed E-state index contributed by atoms with van der Waals surface area (Å²) >= 11 is 0. The number of benzene rings is 2. The van der Waals surface area contributed by atoms with Gasteiger partial charge in [0.05, 0.1) is 24.0 Å². The molecule has 0 bridgehead atoms. The van der Waals surface area contributed by atoms with Gasteiger partial charge in [0.15, 0.2) is 0 Å². The minimum Gasteiger partial charge on any atom is -0.494 e. The molecule has 1 aliphatic carbocycles. The molecule has 1 aromatic heterocycles. The van der Waals surface area contributed by atoms with E-state index < -0.39 is 11.4 Å². The van der Waals surface area contributed by atoms with E-state index in [9.17, 15) is 14.8 Å². The van der Waals surface area contributed by atoms with Gasteiger partial charge in [-0.2, -0.15) is 5.26 Å². The number of aliphatic hydroxyl groups is 1. The van der Waals surface area contributed by atoms with Gasteiger partial charge in [0.2, 0.25) is 0 Å². The number of methoxy groups -OCH3 is 1. The summed E-state index contributed by atoms with van der Waals surface area (Å²) in [6.07, 6.45) is 5.73. The Balaban J connectivity index is 1.48. The van der Waals surface area contributed by atoms with Crippen molar-refractivity contribution in [3.05, 3.63) is 53.8 Å². The lowest BCUT2D eigenvalue weighted by atomic mass is 9.86. The van der Waals surface area contributed by atoms with Crippen LogP contribution < -0.4 is 20.7 Å². The van der Waals surface area contributed by atoms with Crippen molar-refractivity contribution >= 4 is 11.5 Å². The number of piperidine rings is 1. The Hall–Kier alpha value is -3.61. The molecule has 2 atom stereocenters. The predicted octanol–water partition coefficient (Wildman–Crippen LogP) is 4.84. The van der Waals surface area contributed by atoms with Gasteiger partial charge in [-0.05, 0) is 69.2 Å². The van der Waals surface area contributed by atoms with Crippen LogP contribution in [0, 0.1) is 23.1 Å². The molecule has 0 amide bonds. The number of rotatable bonds is 7. The van der Waals surface area contributed by atoms with E-state index in [0.717, 1.165) is 56.7 Å². The number of hydrogen-bond acceptors (Lipinski definition) is 7. The molecule has 8 nitrogen and oxygen atoms in total. The van der Waals surface area contributed by atoms with Gasteiger partial charge in [-0.25, -0.2) is 9.07 Å². The van der Waals surface area contributed by atoms with E-state index in [1.54, 1.807) is 17.9 Å². The molecule has 0 spiro atoms. The summed E-state index contributed by atoms with van der Waals surface area (Å²) in [4.78, 5) is 2.24. The highest BCUT2D eigenvalue weighted by Gasteiger charge is 2.28. The summed E-state index contributed by atoms with van der Waals surface area (Å²) in [6.45, 7) is 4.16. The van der Waals surface area contributed by atoms with Crippen LogP contribution in [-0.4, -0.2) is 53.3 Å². The lowest BCUT2D eigenvalue weighted by Gasteiger charge is -2.37. The van der Waals surface area contributed by atoms with E-state index in [1.807, 2.05) is 37.3 Å². The highest BCUT2D eigenvalue weighted by atomic mass is 19.1. The minimum atomic E-state index is -0.632. The van der Waals surface area contributed by atoms with Crippen LogP contribution in [0.2, 0.25) is 0 Å². The second-order valence-electron chi connectivity index (χ2n) is 11.1. The van der Waals surface area contributed by atoms with Crippen LogP contribution in [0.1, 0.15) is 51.0 Å². The highest BCUT2D eigenvalue weighted by molar-refractivity contribution is 5.69. The third kappa shape index (κ3) is 6.02. The molecule has 1 saturated carbocycles. The lowest BCUT2D eigenvalue weighted by molar-refractivity contribution is 0.0351. The zero-order valence-corrected chi connectivity index (χ0v) is 22.7. The Bertz CT molecular complexity index is 1350. The number of aromatic nitrogens is 2. The second kappa shape index (κ2) is 11.2. The Morgan fingerprint density at radius 1 is 1.21 bits per heavy atom. The van der Waals surface area contributed by atoms with Crippen molar-refractivity contribution in [1.82, 2.24) is 9.78 Å². The molecular formula is C30H37FN6O2. The molecule has 2 fully saturated rings. The van der Waals surface area contributed by atoms with E-state index in [0.29, 0.717) is 41.6 Å². The molecule has 2 heterocycles. The molecule has 4 N–H and O–H groups in total. The normalized spacial score (nSPS) is 20.9. The molecular weight excluding hydrogens is 495 g/mol. The number of nitrogens with one attached hydrogen (secondary N) is 1. The molecule has 1 saturated heterocycles. The topological polar surface area (TPSA) is 112 Å². The summed E-state index contributed by atoms with van der Waals surface area (Å²) in [5, 5.41) is 27.9. The maximum Gasteiger partial charge on any atom is 0.149 e. The van der Waals surface area contributed by atoms with Crippen molar-refractivity contribution < 1.29 is 14.2 Å². The fourth-order valence-corrected chi connectivity index (χ4v) is 5.67. The predicted molar refractivity (Wildman–Crippen MR) is 151 cm³/mol. The first kappa shape index (κ1) is 27.0. The summed E-state index contributed by atoms with van der Waals surface area (Å²) in [5.41, 5.74) is 8.57. The highest BCUT2D eigenvalue weighted by Crippen LogP contribution is 2.35. The molecule has 2 aliphatic rings. The van der Waals surface area contributed by atoms with Gasteiger partial charge in [0.1, 0.15) is 29.1 Å². The Morgan fingerprint density at radius 3 is 2.69 bits per heavy atom. The fourth-order valence-electron chi connectivity index (χ4n) is 5.67. The summed E-state index contributed by atoms with van der Waals surface area (Å²) in [6, 6.07) is 14.6. The first-order chi connectivity index (χ1) is 18.8. The molecule has 206 valence electrons. The first-order valence-corrected chi connectivity index (χ1v) is 13.7. The summed E-state index contributed by atoms with van der Waals surface area (Å²) in [7, 11) is 1.62. The smallest absolute Gasteiger partial charge is 0.149 e. The molecule has 0 unspecified atom stereocenters. The van der Waals surface area contributed by atoms with Crippen LogP contribution in [0.3, 0.4) is 0 Å². The van der Waals surface area contributed by atoms with Crippen molar-refractivity contribution in [3.63, 3.8) is 0 Å². The van der Waals surface area contributed by atoms with Gasteiger partial charge in [0, 0.05) is 49.1 Å². The average molecular weight is 533 g/mol. The van der Waals surface area contributed by atoms with E-state index in [2.05, 4.69) is 10.2 Å². The SMILES string of the molecule is COc1cc(N2CCC(C)(O)CC2)ccc1-n1nc(NC[C@H]2CCC[C@H](N)C2)cc1-c1ccc(C#N)c(F)c1. The second-order valence-corrected chi connectivity index (χ2v) is 11.1. The number of anilines is 2. The van der Waals surface area contributed by atoms with Gasteiger partial charge < -0.3 is 25.8 Å². The van der Waals surface area contributed by atoms with E-state index >= 15 is 0 Å². The van der Waals surface area contributed by atoms with E-state index in [4.69, 9.17) is 15.6 Å². The van der Waals surface area contributed by atoms with Crippen LogP contribution in [0.15, 0.2) is 42.5 Å². The molecule has 3 aromatic rings. The number of nitriles is 1. The van der Waals surface area contributed by atoms with Crippen LogP contribution in [0.5, 0.6) is 5.75 Å². The minimum absolute atomic E-state index is 0.000700. The third-order valence-corrected chi connectivity index (χ3v) is 8.09. The number of ether oxygens (including phenoxy) is 1. The number of nitrogens with zero attached hydrogens (tertiary/aromatic N) is 4. The molecule has 0 radical (unpaired) electrons. The van der Waals surface area contributed by atoms with Gasteiger partial charge in [0.25, 0.3) is 0 Å². The lowest BCUT2D eigenvalue weighted by Crippen LogP contribution is -2.42.